The molecule has 5 heteroatoms. The lowest BCUT2D eigenvalue weighted by atomic mass is 9.96. The first-order valence-corrected chi connectivity index (χ1v) is 13.2. The second-order valence-electron chi connectivity index (χ2n) is 8.29. The second-order valence-corrected chi connectivity index (χ2v) is 10.5. The van der Waals surface area contributed by atoms with Gasteiger partial charge in [0.1, 0.15) is 0 Å². The number of aliphatic hydroxyl groups excluding tert-OH is 1. The number of thioether (sulfide) groups is 1. The second kappa shape index (κ2) is 11.1. The number of benzene rings is 2. The highest BCUT2D eigenvalue weighted by Crippen LogP contribution is 2.44. The Balaban J connectivity index is 1.58. The molecule has 2 aromatic carbocycles. The molecule has 0 saturated carbocycles. The Labute approximate surface area is 190 Å². The van der Waals surface area contributed by atoms with Crippen molar-refractivity contribution in [2.24, 2.45) is 0 Å². The third kappa shape index (κ3) is 5.43. The van der Waals surface area contributed by atoms with Crippen molar-refractivity contribution in [1.29, 1.82) is 0 Å². The first kappa shape index (κ1) is 22.2. The maximum atomic E-state index is 9.15. The van der Waals surface area contributed by atoms with Crippen LogP contribution >= 0.6 is 23.5 Å². The Morgan fingerprint density at radius 3 is 2.67 bits per heavy atom. The predicted molar refractivity (Wildman–Crippen MR) is 129 cm³/mol. The van der Waals surface area contributed by atoms with Crippen molar-refractivity contribution in [2.75, 3.05) is 45.1 Å². The molecule has 2 aliphatic heterocycles. The van der Waals surface area contributed by atoms with Crippen LogP contribution in [-0.4, -0.2) is 60.0 Å². The number of piperazine rings is 1. The zero-order chi connectivity index (χ0) is 20.8. The highest BCUT2D eigenvalue weighted by atomic mass is 32.2. The minimum atomic E-state index is 0.294. The van der Waals surface area contributed by atoms with E-state index in [2.05, 4.69) is 59.2 Å². The molecule has 0 spiro atoms. The van der Waals surface area contributed by atoms with Gasteiger partial charge in [-0.2, -0.15) is 0 Å². The lowest BCUT2D eigenvalue weighted by molar-refractivity contribution is 0.0898. The van der Waals surface area contributed by atoms with Gasteiger partial charge in [0, 0.05) is 60.1 Å². The van der Waals surface area contributed by atoms with Crippen molar-refractivity contribution in [3.8, 4) is 0 Å². The van der Waals surface area contributed by atoms with E-state index in [1.807, 2.05) is 23.5 Å². The van der Waals surface area contributed by atoms with Crippen LogP contribution in [0, 0.1) is 0 Å². The van der Waals surface area contributed by atoms with E-state index in [1.54, 1.807) is 0 Å². The maximum absolute atomic E-state index is 9.15. The molecule has 1 atom stereocenters. The van der Waals surface area contributed by atoms with E-state index in [-0.39, 0.29) is 0 Å². The van der Waals surface area contributed by atoms with Gasteiger partial charge in [0.25, 0.3) is 0 Å². The first-order chi connectivity index (χ1) is 14.8. The van der Waals surface area contributed by atoms with Crippen LogP contribution in [0.4, 0.5) is 0 Å². The van der Waals surface area contributed by atoms with Crippen molar-refractivity contribution < 1.29 is 5.11 Å². The molecule has 1 unspecified atom stereocenters. The van der Waals surface area contributed by atoms with Crippen LogP contribution in [0.3, 0.4) is 0 Å². The average Bonchev–Trinajstić information content (AvgIpc) is 2.95. The SMILES string of the molecule is CCCCSc1ccc2c(c1)C(N1CCN(CCCO)CC1)Cc1ccccc1S2. The van der Waals surface area contributed by atoms with Crippen molar-refractivity contribution in [3.63, 3.8) is 0 Å². The topological polar surface area (TPSA) is 26.7 Å². The minimum absolute atomic E-state index is 0.294. The van der Waals surface area contributed by atoms with Crippen LogP contribution in [0.5, 0.6) is 0 Å². The quantitative estimate of drug-likeness (QED) is 0.441. The molecule has 3 nitrogen and oxygen atoms in total. The Morgan fingerprint density at radius 2 is 1.87 bits per heavy atom. The molecular formula is C25H34N2OS2. The highest BCUT2D eigenvalue weighted by molar-refractivity contribution is 7.99. The standard InChI is InChI=1S/C25H34N2OS2/c1-2-3-17-29-21-9-10-25-22(19-21)23(18-20-7-4-5-8-24(20)30-25)27-14-12-26(13-15-27)11-6-16-28/h4-5,7-10,19,23,28H,2-3,6,11-18H2,1H3. The Bertz CT molecular complexity index is 821. The number of hydrogen-bond acceptors (Lipinski definition) is 5. The van der Waals surface area contributed by atoms with E-state index in [9.17, 15) is 0 Å². The van der Waals surface area contributed by atoms with Crippen LogP contribution in [0.15, 0.2) is 57.2 Å². The van der Waals surface area contributed by atoms with Gasteiger partial charge in [0.05, 0.1) is 0 Å². The third-order valence-corrected chi connectivity index (χ3v) is 8.48. The third-order valence-electron chi connectivity index (χ3n) is 6.19. The largest absolute Gasteiger partial charge is 0.396 e. The molecule has 0 aromatic heterocycles. The number of rotatable bonds is 8. The number of nitrogens with zero attached hydrogens (tertiary/aromatic N) is 2. The van der Waals surface area contributed by atoms with Crippen LogP contribution in [0.1, 0.15) is 43.4 Å². The molecule has 2 aromatic rings. The van der Waals surface area contributed by atoms with Gasteiger partial charge in [-0.15, -0.1) is 11.8 Å². The van der Waals surface area contributed by atoms with Gasteiger partial charge >= 0.3 is 0 Å². The monoisotopic (exact) mass is 442 g/mol. The predicted octanol–water partition coefficient (Wildman–Crippen LogP) is 5.33. The normalized spacial score (nSPS) is 19.9. The fourth-order valence-corrected chi connectivity index (χ4v) is 6.59. The van der Waals surface area contributed by atoms with E-state index >= 15 is 0 Å². The first-order valence-electron chi connectivity index (χ1n) is 11.4. The van der Waals surface area contributed by atoms with Crippen molar-refractivity contribution >= 4 is 23.5 Å². The van der Waals surface area contributed by atoms with E-state index < -0.39 is 0 Å². The lowest BCUT2D eigenvalue weighted by Gasteiger charge is -2.39. The smallest absolute Gasteiger partial charge is 0.0443 e. The van der Waals surface area contributed by atoms with Gasteiger partial charge in [0.15, 0.2) is 0 Å². The van der Waals surface area contributed by atoms with Crippen molar-refractivity contribution in [3.05, 3.63) is 53.6 Å². The fourth-order valence-electron chi connectivity index (χ4n) is 4.43. The van der Waals surface area contributed by atoms with Gasteiger partial charge in [-0.1, -0.05) is 43.3 Å². The highest BCUT2D eigenvalue weighted by Gasteiger charge is 2.30. The number of hydrogen-bond donors (Lipinski definition) is 1. The molecule has 0 bridgehead atoms. The molecule has 0 aliphatic carbocycles. The summed E-state index contributed by atoms with van der Waals surface area (Å²) in [5.74, 6) is 1.21. The van der Waals surface area contributed by atoms with Crippen LogP contribution in [0.2, 0.25) is 0 Å². The number of fused-ring (bicyclic) bond motifs is 2. The van der Waals surface area contributed by atoms with E-state index in [1.165, 1.54) is 44.4 Å². The molecule has 2 heterocycles. The van der Waals surface area contributed by atoms with Gasteiger partial charge in [-0.05, 0) is 60.4 Å². The lowest BCUT2D eigenvalue weighted by Crippen LogP contribution is -2.48. The van der Waals surface area contributed by atoms with Gasteiger partial charge in [-0.25, -0.2) is 0 Å². The van der Waals surface area contributed by atoms with E-state index in [0.717, 1.165) is 45.6 Å². The summed E-state index contributed by atoms with van der Waals surface area (Å²) in [5, 5.41) is 9.15. The van der Waals surface area contributed by atoms with E-state index in [4.69, 9.17) is 5.11 Å². The summed E-state index contributed by atoms with van der Waals surface area (Å²) in [6.07, 6.45) is 4.51. The Hall–Kier alpha value is -0.980. The summed E-state index contributed by atoms with van der Waals surface area (Å²) in [5.41, 5.74) is 2.99. The molecule has 1 fully saturated rings. The van der Waals surface area contributed by atoms with E-state index in [0.29, 0.717) is 12.6 Å². The molecule has 162 valence electrons. The van der Waals surface area contributed by atoms with Crippen LogP contribution in [-0.2, 0) is 6.42 Å². The zero-order valence-electron chi connectivity index (χ0n) is 18.1. The summed E-state index contributed by atoms with van der Waals surface area (Å²) >= 11 is 3.95. The summed E-state index contributed by atoms with van der Waals surface area (Å²) < 4.78 is 0. The van der Waals surface area contributed by atoms with Crippen molar-refractivity contribution in [1.82, 2.24) is 9.80 Å². The molecule has 1 saturated heterocycles. The molecule has 0 radical (unpaired) electrons. The fraction of sp³-hybridized carbons (Fsp3) is 0.520. The minimum Gasteiger partial charge on any atom is -0.396 e. The summed E-state index contributed by atoms with van der Waals surface area (Å²) in [7, 11) is 0. The van der Waals surface area contributed by atoms with Gasteiger partial charge in [-0.3, -0.25) is 4.90 Å². The molecule has 4 rings (SSSR count). The molecule has 2 aliphatic rings. The molecule has 30 heavy (non-hydrogen) atoms. The van der Waals surface area contributed by atoms with Crippen molar-refractivity contribution in [2.45, 2.75) is 53.3 Å². The number of unbranched alkanes of at least 4 members (excludes halogenated alkanes) is 1. The Kier molecular flexibility index (Phi) is 8.19. The van der Waals surface area contributed by atoms with Crippen LogP contribution in [0.25, 0.3) is 0 Å². The Morgan fingerprint density at radius 1 is 1.03 bits per heavy atom. The maximum Gasteiger partial charge on any atom is 0.0443 e. The molecular weight excluding hydrogens is 408 g/mol. The molecule has 0 amide bonds. The average molecular weight is 443 g/mol. The summed E-state index contributed by atoms with van der Waals surface area (Å²) in [6, 6.07) is 16.6. The zero-order valence-corrected chi connectivity index (χ0v) is 19.7. The van der Waals surface area contributed by atoms with Gasteiger partial charge in [0.2, 0.25) is 0 Å². The summed E-state index contributed by atoms with van der Waals surface area (Å²) in [4.78, 5) is 9.46. The molecule has 1 N–H and O–H groups in total. The van der Waals surface area contributed by atoms with Gasteiger partial charge < -0.3 is 10.0 Å². The number of aliphatic hydroxyl groups is 1. The summed E-state index contributed by atoms with van der Waals surface area (Å²) in [6.45, 7) is 8.00. The van der Waals surface area contributed by atoms with Crippen LogP contribution < -0.4 is 0 Å².